The van der Waals surface area contributed by atoms with Gasteiger partial charge in [0.2, 0.25) is 5.91 Å². The molecule has 0 spiro atoms. The van der Waals surface area contributed by atoms with Crippen LogP contribution in [0.2, 0.25) is 0 Å². The van der Waals surface area contributed by atoms with E-state index in [1.54, 1.807) is 4.90 Å². The lowest BCUT2D eigenvalue weighted by molar-refractivity contribution is -0.127. The topological polar surface area (TPSA) is 62.5 Å². The highest BCUT2D eigenvalue weighted by atomic mass is 32.2. The molecule has 0 saturated heterocycles. The third kappa shape index (κ3) is 4.05. The maximum absolute atomic E-state index is 12.6. The molecule has 2 heterocycles. The smallest absolute Gasteiger partial charge is 0.233 e. The Balaban J connectivity index is 1.44. The highest BCUT2D eigenvalue weighted by Gasteiger charge is 2.16. The first-order chi connectivity index (χ1) is 14.0. The number of rotatable bonds is 6. The largest absolute Gasteiger partial charge is 0.451 e. The summed E-state index contributed by atoms with van der Waals surface area (Å²) >= 11 is 1.38. The first-order valence-electron chi connectivity index (χ1n) is 9.28. The van der Waals surface area contributed by atoms with Gasteiger partial charge in [0.15, 0.2) is 5.58 Å². The van der Waals surface area contributed by atoms with Gasteiger partial charge in [-0.05, 0) is 29.8 Å². The molecule has 0 aliphatic rings. The van der Waals surface area contributed by atoms with E-state index in [1.165, 1.54) is 18.1 Å². The summed E-state index contributed by atoms with van der Waals surface area (Å²) in [6.45, 7) is 0.566. The van der Waals surface area contributed by atoms with Gasteiger partial charge in [0, 0.05) is 38.8 Å². The molecule has 0 aliphatic heterocycles. The molecule has 29 heavy (non-hydrogen) atoms. The Hall–Kier alpha value is -3.06. The van der Waals surface area contributed by atoms with Crippen LogP contribution in [0.25, 0.3) is 22.1 Å². The van der Waals surface area contributed by atoms with Crippen molar-refractivity contribution in [2.75, 3.05) is 31.8 Å². The molecule has 0 saturated carbocycles. The number of furan rings is 1. The zero-order valence-electron chi connectivity index (χ0n) is 16.6. The molecule has 0 fully saturated rings. The van der Waals surface area contributed by atoms with Crippen molar-refractivity contribution >= 4 is 45.4 Å². The van der Waals surface area contributed by atoms with Gasteiger partial charge in [0.1, 0.15) is 22.5 Å². The quantitative estimate of drug-likeness (QED) is 0.353. The summed E-state index contributed by atoms with van der Waals surface area (Å²) in [6, 6.07) is 16.0. The second-order valence-electron chi connectivity index (χ2n) is 7.05. The summed E-state index contributed by atoms with van der Waals surface area (Å²) in [7, 11) is 5.83. The molecule has 0 unspecified atom stereocenters. The van der Waals surface area contributed by atoms with E-state index < -0.39 is 0 Å². The molecule has 2 aromatic heterocycles. The maximum Gasteiger partial charge on any atom is 0.233 e. The van der Waals surface area contributed by atoms with Gasteiger partial charge in [0.05, 0.1) is 5.75 Å². The number of benzene rings is 2. The minimum atomic E-state index is 0.0366. The van der Waals surface area contributed by atoms with E-state index in [0.29, 0.717) is 17.2 Å². The summed E-state index contributed by atoms with van der Waals surface area (Å²) in [6.07, 6.45) is 1.52. The molecule has 0 N–H and O–H groups in total. The number of nitrogens with zero attached hydrogens (tertiary/aromatic N) is 4. The third-order valence-electron chi connectivity index (χ3n) is 4.76. The number of hydrogen-bond acceptors (Lipinski definition) is 6. The van der Waals surface area contributed by atoms with Crippen molar-refractivity contribution in [2.24, 2.45) is 0 Å². The van der Waals surface area contributed by atoms with Gasteiger partial charge >= 0.3 is 0 Å². The van der Waals surface area contributed by atoms with E-state index >= 15 is 0 Å². The van der Waals surface area contributed by atoms with Gasteiger partial charge in [-0.15, -0.1) is 0 Å². The zero-order valence-corrected chi connectivity index (χ0v) is 17.4. The minimum Gasteiger partial charge on any atom is -0.451 e. The minimum absolute atomic E-state index is 0.0366. The van der Waals surface area contributed by atoms with Crippen molar-refractivity contribution in [2.45, 2.75) is 11.6 Å². The summed E-state index contributed by atoms with van der Waals surface area (Å²) < 4.78 is 5.93. The molecule has 148 valence electrons. The van der Waals surface area contributed by atoms with Crippen LogP contribution in [0.15, 0.2) is 64.3 Å². The molecule has 0 atom stereocenters. The number of carbonyl (C=O) groups excluding carboxylic acids is 1. The number of aromatic nitrogens is 2. The van der Waals surface area contributed by atoms with Crippen molar-refractivity contribution < 1.29 is 9.21 Å². The molecular weight excluding hydrogens is 384 g/mol. The van der Waals surface area contributed by atoms with Gasteiger partial charge in [0.25, 0.3) is 0 Å². The number of amides is 1. The van der Waals surface area contributed by atoms with E-state index in [2.05, 4.69) is 39.1 Å². The Morgan fingerprint density at radius 1 is 1.03 bits per heavy atom. The van der Waals surface area contributed by atoms with E-state index in [1.807, 2.05) is 45.4 Å². The average molecular weight is 407 g/mol. The molecule has 4 aromatic rings. The SMILES string of the molecule is CN(Cc1ccc(N(C)C)cc1)C(=O)CSc1ncnc2c1oc1ccccc12. The number of hydrogen-bond donors (Lipinski definition) is 0. The molecule has 1 amide bonds. The number of anilines is 1. The fourth-order valence-electron chi connectivity index (χ4n) is 3.11. The summed E-state index contributed by atoms with van der Waals surface area (Å²) in [5, 5.41) is 1.64. The molecule has 0 aliphatic carbocycles. The van der Waals surface area contributed by atoms with E-state index in [-0.39, 0.29) is 11.7 Å². The monoisotopic (exact) mass is 406 g/mol. The maximum atomic E-state index is 12.6. The van der Waals surface area contributed by atoms with Crippen molar-refractivity contribution in [3.05, 3.63) is 60.4 Å². The van der Waals surface area contributed by atoms with Crippen molar-refractivity contribution in [3.63, 3.8) is 0 Å². The average Bonchev–Trinajstić information content (AvgIpc) is 3.11. The van der Waals surface area contributed by atoms with Crippen LogP contribution in [0.4, 0.5) is 5.69 Å². The molecule has 0 radical (unpaired) electrons. The fraction of sp³-hybridized carbons (Fsp3) is 0.227. The van der Waals surface area contributed by atoms with Crippen LogP contribution in [-0.4, -0.2) is 47.7 Å². The van der Waals surface area contributed by atoms with Gasteiger partial charge in [-0.3, -0.25) is 4.79 Å². The summed E-state index contributed by atoms with van der Waals surface area (Å²) in [5.74, 6) is 0.324. The Bertz CT molecular complexity index is 1150. The van der Waals surface area contributed by atoms with Crippen LogP contribution in [0.5, 0.6) is 0 Å². The van der Waals surface area contributed by atoms with E-state index in [4.69, 9.17) is 4.42 Å². The standard InChI is InChI=1S/C22H22N4O2S/c1-25(2)16-10-8-15(9-11-16)12-26(3)19(27)13-29-22-21-20(23-14-24-22)17-6-4-5-7-18(17)28-21/h4-11,14H,12-13H2,1-3H3. The predicted octanol–water partition coefficient (Wildman–Crippen LogP) is 4.19. The fourth-order valence-corrected chi connectivity index (χ4v) is 3.98. The lowest BCUT2D eigenvalue weighted by Gasteiger charge is -2.18. The first kappa shape index (κ1) is 19.3. The number of para-hydroxylation sites is 1. The second kappa shape index (κ2) is 8.13. The van der Waals surface area contributed by atoms with E-state index in [9.17, 15) is 4.79 Å². The molecule has 2 aromatic carbocycles. The Kier molecular flexibility index (Phi) is 5.40. The Morgan fingerprint density at radius 3 is 2.55 bits per heavy atom. The van der Waals surface area contributed by atoms with Crippen molar-refractivity contribution in [1.82, 2.24) is 14.9 Å². The van der Waals surface area contributed by atoms with Crippen LogP contribution in [0.3, 0.4) is 0 Å². The first-order valence-corrected chi connectivity index (χ1v) is 10.3. The normalized spacial score (nSPS) is 11.1. The van der Waals surface area contributed by atoms with Crippen LogP contribution in [-0.2, 0) is 11.3 Å². The van der Waals surface area contributed by atoms with Crippen LogP contribution in [0.1, 0.15) is 5.56 Å². The molecule has 0 bridgehead atoms. The number of thioether (sulfide) groups is 1. The summed E-state index contributed by atoms with van der Waals surface area (Å²) in [4.78, 5) is 25.1. The third-order valence-corrected chi connectivity index (χ3v) is 5.71. The van der Waals surface area contributed by atoms with Gasteiger partial charge in [-0.1, -0.05) is 36.0 Å². The molecule has 7 heteroatoms. The summed E-state index contributed by atoms with van der Waals surface area (Å²) in [5.41, 5.74) is 4.41. The predicted molar refractivity (Wildman–Crippen MR) is 117 cm³/mol. The van der Waals surface area contributed by atoms with Gasteiger partial charge in [-0.25, -0.2) is 9.97 Å². The zero-order chi connectivity index (χ0) is 20.4. The second-order valence-corrected chi connectivity index (χ2v) is 8.02. The highest BCUT2D eigenvalue weighted by Crippen LogP contribution is 2.32. The van der Waals surface area contributed by atoms with Crippen molar-refractivity contribution in [3.8, 4) is 0 Å². The van der Waals surface area contributed by atoms with Crippen LogP contribution in [0, 0.1) is 0 Å². The van der Waals surface area contributed by atoms with Gasteiger partial charge in [-0.2, -0.15) is 0 Å². The van der Waals surface area contributed by atoms with Crippen LogP contribution < -0.4 is 4.90 Å². The van der Waals surface area contributed by atoms with Crippen molar-refractivity contribution in [1.29, 1.82) is 0 Å². The Labute approximate surface area is 173 Å². The lowest BCUT2D eigenvalue weighted by Crippen LogP contribution is -2.27. The van der Waals surface area contributed by atoms with Crippen LogP contribution >= 0.6 is 11.8 Å². The molecule has 4 rings (SSSR count). The number of fused-ring (bicyclic) bond motifs is 3. The lowest BCUT2D eigenvalue weighted by atomic mass is 10.2. The highest BCUT2D eigenvalue weighted by molar-refractivity contribution is 8.00. The molecule has 6 nitrogen and oxygen atoms in total. The molecular formula is C22H22N4O2S. The number of carbonyl (C=O) groups is 1. The van der Waals surface area contributed by atoms with E-state index in [0.717, 1.165) is 27.7 Å². The van der Waals surface area contributed by atoms with Gasteiger partial charge < -0.3 is 14.2 Å². The Morgan fingerprint density at radius 2 is 1.79 bits per heavy atom.